The van der Waals surface area contributed by atoms with Gasteiger partial charge in [-0.3, -0.25) is 4.79 Å². The highest BCUT2D eigenvalue weighted by Crippen LogP contribution is 2.30. The average Bonchev–Trinajstić information content (AvgIpc) is 2.71. The first-order valence-corrected chi connectivity index (χ1v) is 8.42. The molecule has 0 saturated heterocycles. The number of hydrogen-bond donors (Lipinski definition) is 1. The minimum Gasteiger partial charge on any atom is -0.485 e. The molecule has 1 aliphatic heterocycles. The van der Waals surface area contributed by atoms with E-state index in [0.29, 0.717) is 11.5 Å². The number of amides is 1. The molecule has 5 heteroatoms. The van der Waals surface area contributed by atoms with Crippen LogP contribution in [0.4, 0.5) is 0 Å². The Morgan fingerprint density at radius 1 is 1.00 bits per heavy atom. The van der Waals surface area contributed by atoms with Crippen molar-refractivity contribution in [1.82, 2.24) is 5.43 Å². The van der Waals surface area contributed by atoms with E-state index in [4.69, 9.17) is 9.47 Å². The van der Waals surface area contributed by atoms with Crippen molar-refractivity contribution in [2.45, 2.75) is 13.0 Å². The van der Waals surface area contributed by atoms with Crippen LogP contribution in [0.3, 0.4) is 0 Å². The second-order valence-corrected chi connectivity index (χ2v) is 6.10. The van der Waals surface area contributed by atoms with Crippen LogP contribution in [0.25, 0.3) is 10.8 Å². The molecule has 0 fully saturated rings. The van der Waals surface area contributed by atoms with E-state index in [1.54, 1.807) is 6.07 Å². The number of carbonyl (C=O) groups excluding carboxylic acids is 1. The first kappa shape index (κ1) is 16.1. The van der Waals surface area contributed by atoms with Gasteiger partial charge in [-0.15, -0.1) is 0 Å². The Morgan fingerprint density at radius 2 is 1.73 bits per heavy atom. The number of para-hydroxylation sites is 2. The van der Waals surface area contributed by atoms with Gasteiger partial charge in [0.2, 0.25) is 6.10 Å². The number of hydrogen-bond acceptors (Lipinski definition) is 4. The Hall–Kier alpha value is -3.34. The van der Waals surface area contributed by atoms with E-state index >= 15 is 0 Å². The summed E-state index contributed by atoms with van der Waals surface area (Å²) in [5, 5.41) is 6.51. The molecule has 0 aliphatic carbocycles. The fraction of sp³-hybridized carbons (Fsp3) is 0.143. The Balaban J connectivity index is 1.45. The molecule has 5 nitrogen and oxygen atoms in total. The molecule has 0 bridgehead atoms. The number of benzene rings is 3. The van der Waals surface area contributed by atoms with Crippen molar-refractivity contribution in [3.05, 3.63) is 72.3 Å². The molecule has 1 N–H and O–H groups in total. The second-order valence-electron chi connectivity index (χ2n) is 6.10. The molecule has 0 radical (unpaired) electrons. The Morgan fingerprint density at radius 3 is 2.58 bits per heavy atom. The molecular formula is C21H18N2O3. The summed E-state index contributed by atoms with van der Waals surface area (Å²) >= 11 is 0. The van der Waals surface area contributed by atoms with Crippen LogP contribution in [0.15, 0.2) is 71.8 Å². The molecule has 26 heavy (non-hydrogen) atoms. The highest BCUT2D eigenvalue weighted by atomic mass is 16.6. The molecule has 1 atom stereocenters. The monoisotopic (exact) mass is 346 g/mol. The maximum atomic E-state index is 12.3. The number of ether oxygens (including phenoxy) is 2. The minimum atomic E-state index is -0.724. The Labute approximate surface area is 151 Å². The smallest absolute Gasteiger partial charge is 0.284 e. The van der Waals surface area contributed by atoms with Crippen molar-refractivity contribution in [2.75, 3.05) is 6.61 Å². The maximum absolute atomic E-state index is 12.3. The van der Waals surface area contributed by atoms with E-state index in [-0.39, 0.29) is 12.5 Å². The van der Waals surface area contributed by atoms with Gasteiger partial charge in [0.1, 0.15) is 6.61 Å². The van der Waals surface area contributed by atoms with E-state index in [1.807, 2.05) is 49.4 Å². The second kappa shape index (κ2) is 6.88. The highest BCUT2D eigenvalue weighted by molar-refractivity contribution is 6.02. The lowest BCUT2D eigenvalue weighted by molar-refractivity contribution is -0.130. The van der Waals surface area contributed by atoms with Gasteiger partial charge < -0.3 is 9.47 Å². The minimum absolute atomic E-state index is 0.160. The summed E-state index contributed by atoms with van der Waals surface area (Å²) in [5.74, 6) is 0.876. The Kier molecular flexibility index (Phi) is 4.27. The lowest BCUT2D eigenvalue weighted by Crippen LogP contribution is -2.42. The van der Waals surface area contributed by atoms with Crippen molar-refractivity contribution >= 4 is 22.4 Å². The SMILES string of the molecule is C/C(=N/NC(=O)[C@@H]1COc2ccccc2O1)c1ccc2ccccc2c1. The summed E-state index contributed by atoms with van der Waals surface area (Å²) in [6, 6.07) is 21.5. The number of fused-ring (bicyclic) bond motifs is 2. The molecule has 3 aromatic carbocycles. The number of carbonyl (C=O) groups is 1. The number of nitrogens with one attached hydrogen (secondary N) is 1. The molecule has 1 aliphatic rings. The zero-order valence-corrected chi connectivity index (χ0v) is 14.3. The predicted octanol–water partition coefficient (Wildman–Crippen LogP) is 3.52. The zero-order valence-electron chi connectivity index (χ0n) is 14.3. The van der Waals surface area contributed by atoms with Gasteiger partial charge in [0.25, 0.3) is 5.91 Å². The van der Waals surface area contributed by atoms with Gasteiger partial charge in [-0.2, -0.15) is 5.10 Å². The molecule has 0 spiro atoms. The third-order valence-corrected chi connectivity index (χ3v) is 4.30. The first-order valence-electron chi connectivity index (χ1n) is 8.42. The third-order valence-electron chi connectivity index (χ3n) is 4.30. The number of rotatable bonds is 3. The van der Waals surface area contributed by atoms with Crippen LogP contribution in [-0.2, 0) is 4.79 Å². The molecule has 1 heterocycles. The molecule has 4 rings (SSSR count). The van der Waals surface area contributed by atoms with E-state index in [0.717, 1.165) is 16.7 Å². The van der Waals surface area contributed by atoms with Crippen molar-refractivity contribution in [2.24, 2.45) is 5.10 Å². The average molecular weight is 346 g/mol. The van der Waals surface area contributed by atoms with Gasteiger partial charge in [-0.25, -0.2) is 5.43 Å². The summed E-state index contributed by atoms with van der Waals surface area (Å²) in [4.78, 5) is 12.3. The normalized spacial score (nSPS) is 16.3. The van der Waals surface area contributed by atoms with Gasteiger partial charge in [0.05, 0.1) is 5.71 Å². The fourth-order valence-electron chi connectivity index (χ4n) is 2.84. The van der Waals surface area contributed by atoms with Gasteiger partial charge in [-0.05, 0) is 41.5 Å². The molecule has 130 valence electrons. The summed E-state index contributed by atoms with van der Waals surface area (Å²) in [7, 11) is 0. The predicted molar refractivity (Wildman–Crippen MR) is 101 cm³/mol. The van der Waals surface area contributed by atoms with Gasteiger partial charge in [0.15, 0.2) is 11.5 Å². The molecule has 0 aromatic heterocycles. The lowest BCUT2D eigenvalue weighted by Gasteiger charge is -2.24. The number of nitrogens with zero attached hydrogens (tertiary/aromatic N) is 1. The fourth-order valence-corrected chi connectivity index (χ4v) is 2.84. The molecule has 3 aromatic rings. The van der Waals surface area contributed by atoms with Gasteiger partial charge in [-0.1, -0.05) is 48.5 Å². The summed E-state index contributed by atoms with van der Waals surface area (Å²) in [5.41, 5.74) is 4.25. The summed E-state index contributed by atoms with van der Waals surface area (Å²) in [6.07, 6.45) is -0.724. The van der Waals surface area contributed by atoms with E-state index in [2.05, 4.69) is 28.7 Å². The van der Waals surface area contributed by atoms with Crippen molar-refractivity contribution in [3.8, 4) is 11.5 Å². The molecule has 0 unspecified atom stereocenters. The topological polar surface area (TPSA) is 59.9 Å². The standard InChI is InChI=1S/C21H18N2O3/c1-14(16-11-10-15-6-2-3-7-17(15)12-16)22-23-21(24)20-13-25-18-8-4-5-9-19(18)26-20/h2-12,20H,13H2,1H3,(H,23,24)/b22-14-/t20-/m0/s1. The zero-order chi connectivity index (χ0) is 17.9. The van der Waals surface area contributed by atoms with Crippen LogP contribution in [-0.4, -0.2) is 24.3 Å². The summed E-state index contributed by atoms with van der Waals surface area (Å²) in [6.45, 7) is 2.02. The van der Waals surface area contributed by atoms with Crippen molar-refractivity contribution < 1.29 is 14.3 Å². The third kappa shape index (κ3) is 3.24. The van der Waals surface area contributed by atoms with Gasteiger partial charge in [0, 0.05) is 0 Å². The van der Waals surface area contributed by atoms with Crippen LogP contribution >= 0.6 is 0 Å². The van der Waals surface area contributed by atoms with E-state index in [1.165, 1.54) is 5.39 Å². The van der Waals surface area contributed by atoms with Crippen LogP contribution in [0.1, 0.15) is 12.5 Å². The van der Waals surface area contributed by atoms with Crippen LogP contribution < -0.4 is 14.9 Å². The Bertz CT molecular complexity index is 997. The van der Waals surface area contributed by atoms with Crippen LogP contribution in [0.2, 0.25) is 0 Å². The summed E-state index contributed by atoms with van der Waals surface area (Å²) < 4.78 is 11.2. The van der Waals surface area contributed by atoms with Crippen LogP contribution in [0, 0.1) is 0 Å². The molecule has 1 amide bonds. The highest BCUT2D eigenvalue weighted by Gasteiger charge is 2.27. The largest absolute Gasteiger partial charge is 0.485 e. The van der Waals surface area contributed by atoms with E-state index < -0.39 is 6.10 Å². The van der Waals surface area contributed by atoms with Crippen molar-refractivity contribution in [3.63, 3.8) is 0 Å². The van der Waals surface area contributed by atoms with Crippen LogP contribution in [0.5, 0.6) is 11.5 Å². The lowest BCUT2D eigenvalue weighted by atomic mass is 10.0. The van der Waals surface area contributed by atoms with E-state index in [9.17, 15) is 4.79 Å². The quantitative estimate of drug-likeness (QED) is 0.583. The maximum Gasteiger partial charge on any atom is 0.284 e. The van der Waals surface area contributed by atoms with Crippen molar-refractivity contribution in [1.29, 1.82) is 0 Å². The molecule has 0 saturated carbocycles. The molecular weight excluding hydrogens is 328 g/mol. The first-order chi connectivity index (χ1) is 12.7. The van der Waals surface area contributed by atoms with Gasteiger partial charge >= 0.3 is 0 Å². The number of hydrazone groups is 1.